The number of nitrogens with one attached hydrogen (secondary N) is 1. The van der Waals surface area contributed by atoms with Gasteiger partial charge in [-0.1, -0.05) is 60.6 Å². The highest BCUT2D eigenvalue weighted by Crippen LogP contribution is 2.45. The molecule has 4 rings (SSSR count). The summed E-state index contributed by atoms with van der Waals surface area (Å²) in [5.41, 5.74) is 8.21. The number of rotatable bonds is 8. The third-order valence-corrected chi connectivity index (χ3v) is 8.76. The summed E-state index contributed by atoms with van der Waals surface area (Å²) in [4.78, 5) is 26.3. The lowest BCUT2D eigenvalue weighted by Crippen LogP contribution is -2.21. The Hall–Kier alpha value is -4.46. The van der Waals surface area contributed by atoms with E-state index in [9.17, 15) is 14.7 Å². The van der Waals surface area contributed by atoms with E-state index in [1.807, 2.05) is 39.8 Å². The van der Waals surface area contributed by atoms with Crippen molar-refractivity contribution in [2.24, 2.45) is 10.2 Å². The van der Waals surface area contributed by atoms with Gasteiger partial charge in [-0.25, -0.2) is 9.48 Å². The largest absolute Gasteiger partial charge is 0.494 e. The summed E-state index contributed by atoms with van der Waals surface area (Å²) in [7, 11) is 1.50. The number of methoxy groups -OCH3 is 1. The van der Waals surface area contributed by atoms with Crippen molar-refractivity contribution in [3.8, 4) is 22.6 Å². The van der Waals surface area contributed by atoms with E-state index in [1.54, 1.807) is 18.5 Å². The molecule has 0 bridgehead atoms. The highest BCUT2D eigenvalue weighted by molar-refractivity contribution is 5.94. The number of carboxylic acids is 1. The van der Waals surface area contributed by atoms with E-state index in [2.05, 4.69) is 62.9 Å². The van der Waals surface area contributed by atoms with Gasteiger partial charge in [0.1, 0.15) is 5.69 Å². The average Bonchev–Trinajstić information content (AvgIpc) is 3.31. The molecule has 4 aromatic rings. The zero-order chi connectivity index (χ0) is 36.2. The first kappa shape index (κ1) is 31.5. The van der Waals surface area contributed by atoms with Crippen LogP contribution < -0.4 is 10.3 Å². The highest BCUT2D eigenvalue weighted by Gasteiger charge is 2.27. The van der Waals surface area contributed by atoms with E-state index in [0.717, 1.165) is 22.4 Å². The topological polar surface area (TPSA) is 109 Å². The Labute approximate surface area is 275 Å². The Morgan fingerprint density at radius 2 is 1.57 bits per heavy atom. The van der Waals surface area contributed by atoms with Gasteiger partial charge in [0.2, 0.25) is 0 Å². The number of aromatic amines is 1. The molecule has 0 aliphatic heterocycles. The van der Waals surface area contributed by atoms with Crippen LogP contribution in [0, 0.1) is 34.6 Å². The van der Waals surface area contributed by atoms with Crippen molar-refractivity contribution in [1.29, 1.82) is 0 Å². The molecule has 0 saturated heterocycles. The zero-order valence-electron chi connectivity index (χ0n) is 31.4. The minimum atomic E-state index is -1.27. The van der Waals surface area contributed by atoms with Crippen LogP contribution in [0.4, 0.5) is 11.4 Å². The van der Waals surface area contributed by atoms with Crippen molar-refractivity contribution in [2.45, 2.75) is 100 Å². The Morgan fingerprint density at radius 1 is 0.935 bits per heavy atom. The third kappa shape index (κ3) is 6.05. The van der Waals surface area contributed by atoms with Crippen LogP contribution in [0.15, 0.2) is 45.3 Å². The fraction of sp³-hybridized carbons (Fsp3) is 0.421. The van der Waals surface area contributed by atoms with Crippen LogP contribution in [-0.2, 0) is 5.41 Å². The Kier molecular flexibility index (Phi) is 8.73. The summed E-state index contributed by atoms with van der Waals surface area (Å²) in [6.07, 6.45) is 0. The molecule has 46 heavy (non-hydrogen) atoms. The van der Waals surface area contributed by atoms with Crippen molar-refractivity contribution >= 4 is 17.3 Å². The number of hydrogen-bond donors (Lipinski definition) is 2. The third-order valence-electron chi connectivity index (χ3n) is 8.76. The molecule has 0 aliphatic rings. The first-order valence-corrected chi connectivity index (χ1v) is 15.7. The lowest BCUT2D eigenvalue weighted by molar-refractivity contribution is 0.0696. The van der Waals surface area contributed by atoms with E-state index in [4.69, 9.17) is 7.48 Å². The van der Waals surface area contributed by atoms with Crippen LogP contribution in [0.5, 0.6) is 5.75 Å². The number of ether oxygens (including phenoxy) is 1. The standard InChI is InChI=1S/C38H48N4O4/c1-19(2)26-16-17-29(25(9)31(26)38(10,11)12)42-36(43)34(32(41-42)20(3)4)40-39-33-23(7)22(6)18-28(35(33)46-13)30-21(5)14-15-27(24(30)8)37(44)45/h14-20,41H,1-13H3,(H,44,45)/i14D,15D. The first-order chi connectivity index (χ1) is 22.3. The number of azo groups is 1. The second-order valence-electron chi connectivity index (χ2n) is 13.8. The van der Waals surface area contributed by atoms with Gasteiger partial charge < -0.3 is 9.84 Å². The summed E-state index contributed by atoms with van der Waals surface area (Å²) in [6.45, 7) is 24.1. The number of aromatic nitrogens is 2. The summed E-state index contributed by atoms with van der Waals surface area (Å²) >= 11 is 0. The second kappa shape index (κ2) is 12.7. The second-order valence-corrected chi connectivity index (χ2v) is 13.8. The van der Waals surface area contributed by atoms with Crippen molar-refractivity contribution in [3.05, 3.63) is 90.8 Å². The van der Waals surface area contributed by atoms with Gasteiger partial charge in [0.15, 0.2) is 11.4 Å². The van der Waals surface area contributed by atoms with E-state index in [-0.39, 0.29) is 40.2 Å². The molecule has 2 N–H and O–H groups in total. The normalized spacial score (nSPS) is 12.8. The fourth-order valence-corrected chi connectivity index (χ4v) is 6.38. The number of aryl methyl sites for hydroxylation is 1. The molecule has 0 amide bonds. The molecule has 0 saturated carbocycles. The minimum absolute atomic E-state index is 0.0695. The van der Waals surface area contributed by atoms with Crippen molar-refractivity contribution in [2.75, 3.05) is 7.11 Å². The molecular weight excluding hydrogens is 576 g/mol. The Bertz CT molecular complexity index is 2030. The van der Waals surface area contributed by atoms with Crippen LogP contribution in [-0.4, -0.2) is 28.0 Å². The molecule has 0 aliphatic carbocycles. The van der Waals surface area contributed by atoms with Gasteiger partial charge >= 0.3 is 5.97 Å². The van der Waals surface area contributed by atoms with E-state index >= 15 is 0 Å². The smallest absolute Gasteiger partial charge is 0.335 e. The summed E-state index contributed by atoms with van der Waals surface area (Å²) in [5.74, 6) is -0.691. The van der Waals surface area contributed by atoms with Gasteiger partial charge in [0, 0.05) is 5.56 Å². The van der Waals surface area contributed by atoms with Crippen molar-refractivity contribution in [3.63, 3.8) is 0 Å². The van der Waals surface area contributed by atoms with Crippen LogP contribution in [0.3, 0.4) is 0 Å². The maximum Gasteiger partial charge on any atom is 0.335 e. The summed E-state index contributed by atoms with van der Waals surface area (Å²) in [5, 5.41) is 22.5. The number of carboxylic acid groups (broad SMARTS) is 1. The zero-order valence-corrected chi connectivity index (χ0v) is 29.4. The molecule has 0 radical (unpaired) electrons. The predicted molar refractivity (Wildman–Crippen MR) is 187 cm³/mol. The molecule has 8 nitrogen and oxygen atoms in total. The Morgan fingerprint density at radius 3 is 2.11 bits per heavy atom. The summed E-state index contributed by atoms with van der Waals surface area (Å²) < 4.78 is 24.3. The molecule has 8 heteroatoms. The van der Waals surface area contributed by atoms with Crippen LogP contribution >= 0.6 is 0 Å². The van der Waals surface area contributed by atoms with Gasteiger partial charge in [-0.05, 0) is 115 Å². The SMILES string of the molecule is [2H]c1c([2H])c(C(=O)O)c(C)c(-c2cc(C)c(C)c(N=Nc3c(C(C)C)[nH]n(-c4ccc(C(C)C)c(C(C)(C)C)c4C)c3=O)c2OC)c1C. The van der Waals surface area contributed by atoms with E-state index in [0.29, 0.717) is 45.3 Å². The summed E-state index contributed by atoms with van der Waals surface area (Å²) in [6, 6.07) is 5.46. The monoisotopic (exact) mass is 626 g/mol. The quantitative estimate of drug-likeness (QED) is 0.190. The minimum Gasteiger partial charge on any atom is -0.494 e. The average molecular weight is 627 g/mol. The number of nitrogens with zero attached hydrogens (tertiary/aromatic N) is 3. The number of aromatic carboxylic acids is 1. The number of H-pyrrole nitrogens is 1. The molecule has 244 valence electrons. The first-order valence-electron chi connectivity index (χ1n) is 16.7. The molecule has 0 spiro atoms. The fourth-order valence-electron chi connectivity index (χ4n) is 6.38. The maximum atomic E-state index is 14.2. The van der Waals surface area contributed by atoms with Crippen LogP contribution in [0.2, 0.25) is 0 Å². The molecule has 1 aromatic heterocycles. The molecule has 0 unspecified atom stereocenters. The predicted octanol–water partition coefficient (Wildman–Crippen LogP) is 10.0. The number of hydrogen-bond acceptors (Lipinski definition) is 5. The van der Waals surface area contributed by atoms with Gasteiger partial charge in [0.25, 0.3) is 5.56 Å². The molecule has 0 fully saturated rings. The maximum absolute atomic E-state index is 14.2. The molecule has 3 aromatic carbocycles. The van der Waals surface area contributed by atoms with Gasteiger partial charge in [-0.15, -0.1) is 10.2 Å². The van der Waals surface area contributed by atoms with Gasteiger partial charge in [0.05, 0.1) is 26.8 Å². The van der Waals surface area contributed by atoms with Gasteiger partial charge in [-0.2, -0.15) is 0 Å². The van der Waals surface area contributed by atoms with Gasteiger partial charge in [-0.3, -0.25) is 9.89 Å². The molecule has 0 atom stereocenters. The van der Waals surface area contributed by atoms with Crippen molar-refractivity contribution < 1.29 is 17.4 Å². The highest BCUT2D eigenvalue weighted by atomic mass is 16.5. The Balaban J connectivity index is 2.00. The van der Waals surface area contributed by atoms with Crippen LogP contribution in [0.25, 0.3) is 16.8 Å². The molecule has 1 heterocycles. The number of carbonyl (C=O) groups is 1. The lowest BCUT2D eigenvalue weighted by atomic mass is 9.77. The van der Waals surface area contributed by atoms with Crippen molar-refractivity contribution in [1.82, 2.24) is 9.78 Å². The van der Waals surface area contributed by atoms with E-state index in [1.165, 1.54) is 18.2 Å². The number of benzene rings is 3. The lowest BCUT2D eigenvalue weighted by Gasteiger charge is -2.28. The van der Waals surface area contributed by atoms with E-state index < -0.39 is 5.97 Å². The van der Waals surface area contributed by atoms with Crippen LogP contribution in [0.1, 0.15) is 118 Å². The molecular formula is C38H48N4O4.